The Morgan fingerprint density at radius 1 is 0.871 bits per heavy atom. The second-order valence-corrected chi connectivity index (χ2v) is 17.9. The summed E-state index contributed by atoms with van der Waals surface area (Å²) in [7, 11) is 0. The lowest BCUT2D eigenvalue weighted by Gasteiger charge is -2.24. The van der Waals surface area contributed by atoms with Crippen molar-refractivity contribution >= 4 is 45.9 Å². The van der Waals surface area contributed by atoms with Crippen LogP contribution in [0.4, 0.5) is 17.6 Å². The molecule has 2 N–H and O–H groups in total. The van der Waals surface area contributed by atoms with Crippen LogP contribution in [0.3, 0.4) is 0 Å². The third-order valence-electron chi connectivity index (χ3n) is 10.6. The molecule has 1 aliphatic rings. The minimum atomic E-state index is -3.99. The summed E-state index contributed by atoms with van der Waals surface area (Å²) in [5, 5.41) is 13.8. The molecule has 1 saturated heterocycles. The van der Waals surface area contributed by atoms with E-state index in [1.165, 1.54) is 99.0 Å². The van der Waals surface area contributed by atoms with Gasteiger partial charge in [0.15, 0.2) is 0 Å². The van der Waals surface area contributed by atoms with Crippen LogP contribution >= 0.6 is 23.1 Å². The van der Waals surface area contributed by atoms with Crippen LogP contribution in [-0.4, -0.2) is 63.8 Å². The van der Waals surface area contributed by atoms with Crippen LogP contribution < -0.4 is 5.32 Å². The predicted molar refractivity (Wildman–Crippen MR) is 244 cm³/mol. The number of carbonyl (C=O) groups is 2. The van der Waals surface area contributed by atoms with Crippen LogP contribution in [0, 0.1) is 12.7 Å². The molecule has 340 valence electrons. The number of benzene rings is 2. The minimum absolute atomic E-state index is 0.0162. The Bertz CT molecular complexity index is 2000. The number of nitrogens with zero attached hydrogens (tertiary/aromatic N) is 2. The molecular weight excluding hydrogens is 839 g/mol. The van der Waals surface area contributed by atoms with E-state index in [2.05, 4.69) is 27.7 Å². The van der Waals surface area contributed by atoms with Gasteiger partial charge in [-0.15, -0.1) is 23.1 Å². The number of halogens is 4. The van der Waals surface area contributed by atoms with E-state index in [4.69, 9.17) is 9.52 Å². The lowest BCUT2D eigenvalue weighted by molar-refractivity contribution is -0.135. The van der Waals surface area contributed by atoms with E-state index in [-0.39, 0.29) is 29.8 Å². The van der Waals surface area contributed by atoms with Gasteiger partial charge in [-0.25, -0.2) is 14.2 Å². The minimum Gasteiger partial charge on any atom is -0.478 e. The highest BCUT2D eigenvalue weighted by Crippen LogP contribution is 2.33. The van der Waals surface area contributed by atoms with E-state index < -0.39 is 18.6 Å². The molecule has 0 radical (unpaired) electrons. The summed E-state index contributed by atoms with van der Waals surface area (Å²) in [5.41, 5.74) is 3.75. The number of nitrogens with one attached hydrogen (secondary N) is 1. The van der Waals surface area contributed by atoms with Crippen molar-refractivity contribution in [3.8, 4) is 10.4 Å². The van der Waals surface area contributed by atoms with Crippen molar-refractivity contribution < 1.29 is 41.1 Å². The molecular formula is C48H63F4N3O5S2. The Hall–Kier alpha value is -4.14. The molecule has 0 saturated carbocycles. The van der Waals surface area contributed by atoms with Crippen LogP contribution in [0.2, 0.25) is 0 Å². The number of aryl methyl sites for hydroxylation is 2. The molecule has 5 aromatic rings. The van der Waals surface area contributed by atoms with Crippen molar-refractivity contribution in [2.24, 2.45) is 0 Å². The highest BCUT2D eigenvalue weighted by atomic mass is 32.2. The molecule has 0 spiro atoms. The topological polar surface area (TPSA) is 109 Å². The molecule has 1 aliphatic heterocycles. The zero-order chi connectivity index (χ0) is 44.6. The van der Waals surface area contributed by atoms with Gasteiger partial charge in [0.25, 0.3) is 5.91 Å². The number of furan rings is 2. The summed E-state index contributed by atoms with van der Waals surface area (Å²) in [6, 6.07) is 16.1. The fourth-order valence-electron chi connectivity index (χ4n) is 7.20. The number of aromatic nitrogens is 1. The van der Waals surface area contributed by atoms with Crippen LogP contribution in [0.25, 0.3) is 21.4 Å². The van der Waals surface area contributed by atoms with Crippen LogP contribution in [0.5, 0.6) is 0 Å². The molecule has 2 aromatic carbocycles. The lowest BCUT2D eigenvalue weighted by atomic mass is 10.0. The van der Waals surface area contributed by atoms with Gasteiger partial charge in [0.1, 0.15) is 23.4 Å². The molecule has 1 atom stereocenters. The zero-order valence-electron chi connectivity index (χ0n) is 36.2. The highest BCUT2D eigenvalue weighted by Gasteiger charge is 2.32. The third-order valence-corrected chi connectivity index (χ3v) is 12.7. The maximum absolute atomic E-state index is 13.4. The van der Waals surface area contributed by atoms with E-state index in [1.54, 1.807) is 30.2 Å². The fourth-order valence-corrected chi connectivity index (χ4v) is 9.31. The van der Waals surface area contributed by atoms with Crippen molar-refractivity contribution in [1.82, 2.24) is 15.2 Å². The summed E-state index contributed by atoms with van der Waals surface area (Å²) in [5.74, 6) is 0.394. The maximum atomic E-state index is 13.4. The molecule has 14 heteroatoms. The maximum Gasteiger partial charge on any atom is 0.389 e. The average Bonchev–Trinajstić information content (AvgIpc) is 4.09. The standard InChI is InChI=1S/C25H36FN3OS2.C18H23F3O.C5H4O3/c1-3-4-5-6-7-8-9-10-15-27-16-22-17-31-18-29(22)25(30)23-24(32-19(2)28-23)20-11-13-21(26)14-12-20;19-18(20,21)13-7-5-3-1-2-4-6-9-15-10-8-11-16-12-14-22-17(15)16;6-5(7)4-1-2-8-3-4/h11-14,22,27H,3-10,15-18H2,1-2H3;8,10-12,14H,1-7,9,13H2;1-3H,(H,6,7)/t22-;;/m1../s1. The van der Waals surface area contributed by atoms with Gasteiger partial charge in [0.05, 0.1) is 39.9 Å². The first-order valence-corrected chi connectivity index (χ1v) is 24.0. The number of hydrogen-bond acceptors (Lipinski definition) is 8. The number of carboxylic acids is 1. The first kappa shape index (κ1) is 50.5. The monoisotopic (exact) mass is 901 g/mol. The van der Waals surface area contributed by atoms with Gasteiger partial charge in [-0.3, -0.25) is 4.79 Å². The van der Waals surface area contributed by atoms with E-state index in [0.29, 0.717) is 18.0 Å². The molecule has 1 amide bonds. The lowest BCUT2D eigenvalue weighted by Crippen LogP contribution is -2.43. The summed E-state index contributed by atoms with van der Waals surface area (Å²) < 4.78 is 59.3. The number of alkyl halides is 3. The number of thioether (sulfide) groups is 1. The second-order valence-electron chi connectivity index (χ2n) is 15.7. The van der Waals surface area contributed by atoms with E-state index in [1.807, 2.05) is 30.0 Å². The van der Waals surface area contributed by atoms with Gasteiger partial charge < -0.3 is 24.2 Å². The van der Waals surface area contributed by atoms with Crippen LogP contribution in [0.15, 0.2) is 82.2 Å². The third kappa shape index (κ3) is 18.3. The largest absolute Gasteiger partial charge is 0.478 e. The number of rotatable bonds is 23. The summed E-state index contributed by atoms with van der Waals surface area (Å²) >= 11 is 3.29. The van der Waals surface area contributed by atoms with Crippen molar-refractivity contribution in [3.05, 3.63) is 101 Å². The van der Waals surface area contributed by atoms with Gasteiger partial charge in [-0.1, -0.05) is 114 Å². The molecule has 3 aromatic heterocycles. The van der Waals surface area contributed by atoms with Crippen molar-refractivity contribution in [2.75, 3.05) is 24.7 Å². The SMILES string of the molecule is CCCCCCCCCCNC[C@@H]1CSCN1C(=O)c1nc(C)sc1-c1ccc(F)cc1.FC(F)(F)CCCCCCCCCc1cccc2ccoc12.O=C(O)c1ccoc1. The smallest absolute Gasteiger partial charge is 0.389 e. The van der Waals surface area contributed by atoms with Crippen LogP contribution in [-0.2, 0) is 6.42 Å². The number of hydrogen-bond donors (Lipinski definition) is 2. The fraction of sp³-hybridized carbons (Fsp3) is 0.521. The number of amides is 1. The summed E-state index contributed by atoms with van der Waals surface area (Å²) in [6.45, 7) is 6.00. The molecule has 4 heterocycles. The molecule has 62 heavy (non-hydrogen) atoms. The van der Waals surface area contributed by atoms with Crippen molar-refractivity contribution in [1.29, 1.82) is 0 Å². The van der Waals surface area contributed by atoms with Gasteiger partial charge >= 0.3 is 12.1 Å². The number of aromatic carboxylic acids is 1. The molecule has 0 bridgehead atoms. The van der Waals surface area contributed by atoms with Gasteiger partial charge in [0.2, 0.25) is 0 Å². The Morgan fingerprint density at radius 3 is 2.19 bits per heavy atom. The zero-order valence-corrected chi connectivity index (χ0v) is 37.8. The van der Waals surface area contributed by atoms with E-state index in [0.717, 1.165) is 83.8 Å². The Labute approximate surface area is 372 Å². The number of thiazole rings is 1. The predicted octanol–water partition coefficient (Wildman–Crippen LogP) is 14.1. The molecule has 6 rings (SSSR count). The van der Waals surface area contributed by atoms with Crippen molar-refractivity contribution in [3.63, 3.8) is 0 Å². The summed E-state index contributed by atoms with van der Waals surface area (Å²) in [6.07, 6.45) is 17.4. The molecule has 0 aliphatic carbocycles. The van der Waals surface area contributed by atoms with Crippen molar-refractivity contribution in [2.45, 2.75) is 135 Å². The van der Waals surface area contributed by atoms with Gasteiger partial charge in [-0.2, -0.15) is 13.2 Å². The van der Waals surface area contributed by atoms with Gasteiger partial charge in [0, 0.05) is 24.1 Å². The molecule has 8 nitrogen and oxygen atoms in total. The first-order valence-electron chi connectivity index (χ1n) is 22.1. The highest BCUT2D eigenvalue weighted by molar-refractivity contribution is 7.99. The Balaban J connectivity index is 0.000000241. The number of para-hydroxylation sites is 1. The average molecular weight is 902 g/mol. The Kier molecular flexibility index (Phi) is 22.7. The number of fused-ring (bicyclic) bond motifs is 1. The van der Waals surface area contributed by atoms with Crippen LogP contribution in [0.1, 0.15) is 141 Å². The quantitative estimate of drug-likeness (QED) is 0.0493. The molecule has 0 unspecified atom stereocenters. The Morgan fingerprint density at radius 2 is 1.55 bits per heavy atom. The normalized spacial score (nSPS) is 13.8. The summed E-state index contributed by atoms with van der Waals surface area (Å²) in [4.78, 5) is 30.7. The number of unbranched alkanes of at least 4 members (excludes halogenated alkanes) is 13. The van der Waals surface area contributed by atoms with E-state index in [9.17, 15) is 27.2 Å². The van der Waals surface area contributed by atoms with Gasteiger partial charge in [-0.05, 0) is 74.5 Å². The number of carbonyl (C=O) groups excluding carboxylic acids is 1. The van der Waals surface area contributed by atoms with E-state index >= 15 is 0 Å². The second kappa shape index (κ2) is 27.8. The number of carboxylic acid groups (broad SMARTS) is 1. The molecule has 1 fully saturated rings. The first-order chi connectivity index (χ1) is 30.0.